The molecule has 0 aliphatic heterocycles. The fourth-order valence-corrected chi connectivity index (χ4v) is 3.90. The number of benzene rings is 1. The number of nitrogens with two attached hydrogens (primary N) is 1. The van der Waals surface area contributed by atoms with E-state index in [1.54, 1.807) is 6.07 Å². The van der Waals surface area contributed by atoms with E-state index in [-0.39, 0.29) is 22.6 Å². The summed E-state index contributed by atoms with van der Waals surface area (Å²) in [7, 11) is 1.35. The third-order valence-corrected chi connectivity index (χ3v) is 4.88. The predicted molar refractivity (Wildman–Crippen MR) is 69.1 cm³/mol. The average Bonchev–Trinajstić information content (AvgIpc) is 2.29. The molecule has 3 saturated carbocycles. The van der Waals surface area contributed by atoms with Crippen molar-refractivity contribution in [2.45, 2.75) is 37.6 Å². The molecule has 1 aromatic carbocycles. The molecule has 4 rings (SSSR count). The normalized spacial score (nSPS) is 33.1. The molecule has 0 saturated heterocycles. The fraction of sp³-hybridized carbons (Fsp3) is 0.533. The third kappa shape index (κ3) is 1.56. The van der Waals surface area contributed by atoms with E-state index in [4.69, 9.17) is 10.5 Å². The van der Waals surface area contributed by atoms with Gasteiger partial charge >= 0.3 is 5.97 Å². The Hall–Kier alpha value is -1.42. The Morgan fingerprint density at radius 2 is 2.05 bits per heavy atom. The molecule has 0 aromatic heterocycles. The smallest absolute Gasteiger partial charge is 0.323 e. The number of carbonyl (C=O) groups is 1. The predicted octanol–water partition coefficient (Wildman–Crippen LogP) is 2.06. The molecule has 1 atom stereocenters. The number of ether oxygens (including phenoxy) is 1. The van der Waals surface area contributed by atoms with E-state index >= 15 is 0 Å². The summed E-state index contributed by atoms with van der Waals surface area (Å²) < 4.78 is 18.6. The molecule has 0 radical (unpaired) electrons. The van der Waals surface area contributed by atoms with Crippen LogP contribution < -0.4 is 5.73 Å². The molecule has 2 bridgehead atoms. The number of esters is 1. The number of rotatable bonds is 3. The number of hydrogen-bond donors (Lipinski definition) is 1. The van der Waals surface area contributed by atoms with Crippen molar-refractivity contribution in [3.05, 3.63) is 35.1 Å². The first-order chi connectivity index (χ1) is 8.92. The van der Waals surface area contributed by atoms with E-state index in [1.807, 2.05) is 13.0 Å². The molecule has 1 unspecified atom stereocenters. The molecule has 3 aliphatic carbocycles. The standard InChI is InChI=1S/C15H18FNO2/c1-9-3-4-11(16)10(5-9)14-6-15(7-14,8-14)12(17)13(18)19-2/h3-5,12H,6-8,17H2,1-2H3. The minimum Gasteiger partial charge on any atom is -0.468 e. The van der Waals surface area contributed by atoms with Crippen LogP contribution in [0, 0.1) is 18.2 Å². The van der Waals surface area contributed by atoms with Crippen molar-refractivity contribution < 1.29 is 13.9 Å². The van der Waals surface area contributed by atoms with Crippen LogP contribution in [0.3, 0.4) is 0 Å². The minimum absolute atomic E-state index is 0.0955. The van der Waals surface area contributed by atoms with Gasteiger partial charge in [-0.1, -0.05) is 17.7 Å². The van der Waals surface area contributed by atoms with Crippen LogP contribution in [0.15, 0.2) is 18.2 Å². The van der Waals surface area contributed by atoms with Crippen LogP contribution >= 0.6 is 0 Å². The molecule has 4 heteroatoms. The van der Waals surface area contributed by atoms with E-state index in [2.05, 4.69) is 0 Å². The maximum Gasteiger partial charge on any atom is 0.323 e. The molecular formula is C15H18FNO2. The summed E-state index contributed by atoms with van der Waals surface area (Å²) >= 11 is 0. The van der Waals surface area contributed by atoms with Crippen molar-refractivity contribution >= 4 is 5.97 Å². The number of methoxy groups -OCH3 is 1. The van der Waals surface area contributed by atoms with Crippen LogP contribution in [0.1, 0.15) is 30.4 Å². The zero-order valence-corrected chi connectivity index (χ0v) is 11.2. The second kappa shape index (κ2) is 3.79. The van der Waals surface area contributed by atoms with Gasteiger partial charge in [0.15, 0.2) is 0 Å². The van der Waals surface area contributed by atoms with Gasteiger partial charge in [0.25, 0.3) is 0 Å². The molecule has 3 nitrogen and oxygen atoms in total. The summed E-state index contributed by atoms with van der Waals surface area (Å²) in [6, 6.07) is 4.65. The van der Waals surface area contributed by atoms with Gasteiger partial charge < -0.3 is 10.5 Å². The van der Waals surface area contributed by atoms with Crippen molar-refractivity contribution in [1.29, 1.82) is 0 Å². The summed E-state index contributed by atoms with van der Waals surface area (Å²) in [6.45, 7) is 1.96. The van der Waals surface area contributed by atoms with Gasteiger partial charge in [0.05, 0.1) is 7.11 Å². The van der Waals surface area contributed by atoms with E-state index in [1.165, 1.54) is 13.2 Å². The Balaban J connectivity index is 1.80. The van der Waals surface area contributed by atoms with Crippen molar-refractivity contribution in [2.24, 2.45) is 11.1 Å². The van der Waals surface area contributed by atoms with Crippen LogP contribution in [0.4, 0.5) is 4.39 Å². The fourth-order valence-electron chi connectivity index (χ4n) is 3.90. The summed E-state index contributed by atoms with van der Waals surface area (Å²) in [4.78, 5) is 11.5. The quantitative estimate of drug-likeness (QED) is 0.849. The number of hydrogen-bond acceptors (Lipinski definition) is 3. The van der Waals surface area contributed by atoms with Crippen molar-refractivity contribution in [1.82, 2.24) is 0 Å². The lowest BCUT2D eigenvalue weighted by molar-refractivity contribution is -0.181. The SMILES string of the molecule is COC(=O)C(N)C12CC(c3cc(C)ccc3F)(C1)C2. The molecule has 3 fully saturated rings. The molecule has 1 aromatic rings. The van der Waals surface area contributed by atoms with Gasteiger partial charge in [0.2, 0.25) is 0 Å². The Morgan fingerprint density at radius 3 is 2.63 bits per heavy atom. The summed E-state index contributed by atoms with van der Waals surface area (Å²) in [6.07, 6.45) is 2.37. The van der Waals surface area contributed by atoms with E-state index < -0.39 is 6.04 Å². The van der Waals surface area contributed by atoms with Crippen molar-refractivity contribution in [3.63, 3.8) is 0 Å². The monoisotopic (exact) mass is 263 g/mol. The molecule has 0 amide bonds. The van der Waals surface area contributed by atoms with Crippen molar-refractivity contribution in [3.8, 4) is 0 Å². The Morgan fingerprint density at radius 1 is 1.42 bits per heavy atom. The molecule has 102 valence electrons. The van der Waals surface area contributed by atoms with Gasteiger partial charge in [0.1, 0.15) is 11.9 Å². The lowest BCUT2D eigenvalue weighted by Gasteiger charge is -2.72. The molecule has 3 aliphatic rings. The first-order valence-corrected chi connectivity index (χ1v) is 6.53. The Labute approximate surface area is 111 Å². The maximum absolute atomic E-state index is 13.9. The number of aryl methyl sites for hydroxylation is 1. The van der Waals surface area contributed by atoms with Crippen LogP contribution in [0.2, 0.25) is 0 Å². The van der Waals surface area contributed by atoms with E-state index in [0.29, 0.717) is 0 Å². The minimum atomic E-state index is -0.577. The molecule has 0 spiro atoms. The molecular weight excluding hydrogens is 245 g/mol. The van der Waals surface area contributed by atoms with Crippen LogP contribution in [-0.4, -0.2) is 19.1 Å². The maximum atomic E-state index is 13.9. The highest BCUT2D eigenvalue weighted by Crippen LogP contribution is 2.74. The molecule has 0 heterocycles. The van der Waals surface area contributed by atoms with E-state index in [0.717, 1.165) is 30.4 Å². The lowest BCUT2D eigenvalue weighted by Crippen LogP contribution is -2.72. The summed E-state index contributed by atoms with van der Waals surface area (Å²) in [5.74, 6) is -0.511. The largest absolute Gasteiger partial charge is 0.468 e. The van der Waals surface area contributed by atoms with Gasteiger partial charge in [0, 0.05) is 5.41 Å². The van der Waals surface area contributed by atoms with Gasteiger partial charge in [-0.15, -0.1) is 0 Å². The topological polar surface area (TPSA) is 52.3 Å². The highest BCUT2D eigenvalue weighted by atomic mass is 19.1. The second-order valence-corrected chi connectivity index (χ2v) is 6.16. The highest BCUT2D eigenvalue weighted by Gasteiger charge is 2.72. The van der Waals surface area contributed by atoms with E-state index in [9.17, 15) is 9.18 Å². The molecule has 2 N–H and O–H groups in total. The average molecular weight is 263 g/mol. The summed E-state index contributed by atoms with van der Waals surface area (Å²) in [5.41, 5.74) is 7.53. The first-order valence-electron chi connectivity index (χ1n) is 6.53. The number of carbonyl (C=O) groups excluding carboxylic acids is 1. The van der Waals surface area contributed by atoms with Crippen LogP contribution in [0.5, 0.6) is 0 Å². The molecule has 19 heavy (non-hydrogen) atoms. The number of halogens is 1. The second-order valence-electron chi connectivity index (χ2n) is 6.16. The van der Waals surface area contributed by atoms with Gasteiger partial charge in [-0.2, -0.15) is 0 Å². The zero-order chi connectivity index (χ0) is 13.8. The van der Waals surface area contributed by atoms with Crippen molar-refractivity contribution in [2.75, 3.05) is 7.11 Å². The Kier molecular flexibility index (Phi) is 2.52. The van der Waals surface area contributed by atoms with Crippen LogP contribution in [0.25, 0.3) is 0 Å². The van der Waals surface area contributed by atoms with Crippen LogP contribution in [-0.2, 0) is 14.9 Å². The lowest BCUT2D eigenvalue weighted by atomic mass is 9.31. The first kappa shape index (κ1) is 12.6. The van der Waals surface area contributed by atoms with Gasteiger partial charge in [-0.3, -0.25) is 4.79 Å². The van der Waals surface area contributed by atoms with Gasteiger partial charge in [-0.25, -0.2) is 4.39 Å². The Bertz CT molecular complexity index is 535. The third-order valence-electron chi connectivity index (χ3n) is 4.88. The zero-order valence-electron chi connectivity index (χ0n) is 11.2. The highest BCUT2D eigenvalue weighted by molar-refractivity contribution is 5.77. The van der Waals surface area contributed by atoms with Gasteiger partial charge in [-0.05, 0) is 43.2 Å². The summed E-state index contributed by atoms with van der Waals surface area (Å²) in [5, 5.41) is 0.